The summed E-state index contributed by atoms with van der Waals surface area (Å²) in [5.74, 6) is -0.635. The number of aliphatic hydroxyl groups is 1. The van der Waals surface area contributed by atoms with E-state index in [0.29, 0.717) is 17.2 Å². The zero-order chi connectivity index (χ0) is 27.3. The Bertz CT molecular complexity index is 1400. The first-order valence-electron chi connectivity index (χ1n) is 12.2. The maximum atomic E-state index is 13.5. The van der Waals surface area contributed by atoms with Gasteiger partial charge in [-0.1, -0.05) is 42.5 Å². The number of imidazole rings is 1. The van der Waals surface area contributed by atoms with Crippen LogP contribution in [0.3, 0.4) is 0 Å². The molecule has 38 heavy (non-hydrogen) atoms. The molecule has 200 valence electrons. The standard InChI is InChI=1S/C27H31N5O5S/c1-32(38(2,36)37)22-15-20(11-10-18-8-9-18)14-21(17-22)25(34)30-23(16-19-6-4-3-5-7-19)24(33)26(35)31-27-28-12-13-29-27/h3-7,10-15,17-18,23-24,33H,8-9,16H2,1-2H3,(H,30,34)(H2,28,29,31,35). The van der Waals surface area contributed by atoms with Crippen molar-refractivity contribution in [2.45, 2.75) is 31.4 Å². The number of nitrogens with one attached hydrogen (secondary N) is 3. The zero-order valence-electron chi connectivity index (χ0n) is 21.2. The van der Waals surface area contributed by atoms with Crippen LogP contribution in [0, 0.1) is 5.92 Å². The number of H-pyrrole nitrogens is 1. The number of hydrogen-bond donors (Lipinski definition) is 4. The molecule has 2 atom stereocenters. The summed E-state index contributed by atoms with van der Waals surface area (Å²) in [4.78, 5) is 32.9. The molecule has 4 N–H and O–H groups in total. The molecule has 0 aliphatic heterocycles. The van der Waals surface area contributed by atoms with Crippen molar-refractivity contribution in [2.24, 2.45) is 5.92 Å². The SMILES string of the molecule is CN(c1cc(C=CC2CC2)cc(C(=O)NC(Cc2ccccc2)C(O)C(=O)Nc2ncc[nH]2)c1)S(C)(=O)=O. The highest BCUT2D eigenvalue weighted by Crippen LogP contribution is 2.31. The molecule has 1 saturated carbocycles. The van der Waals surface area contributed by atoms with Crippen molar-refractivity contribution in [2.75, 3.05) is 22.9 Å². The number of sulfonamides is 1. The molecule has 2 unspecified atom stereocenters. The van der Waals surface area contributed by atoms with Gasteiger partial charge in [-0.15, -0.1) is 0 Å². The summed E-state index contributed by atoms with van der Waals surface area (Å²) in [6.07, 6.45) is 8.78. The second kappa shape index (κ2) is 11.6. The number of benzene rings is 2. The van der Waals surface area contributed by atoms with E-state index in [1.807, 2.05) is 42.5 Å². The molecule has 2 amide bonds. The van der Waals surface area contributed by atoms with Crippen molar-refractivity contribution in [1.82, 2.24) is 15.3 Å². The fraction of sp³-hybridized carbons (Fsp3) is 0.296. The lowest BCUT2D eigenvalue weighted by molar-refractivity contribution is -0.125. The third-order valence-electron chi connectivity index (χ3n) is 6.25. The van der Waals surface area contributed by atoms with Crippen molar-refractivity contribution < 1.29 is 23.1 Å². The number of carbonyl (C=O) groups is 2. The van der Waals surface area contributed by atoms with Crippen LogP contribution in [0.1, 0.15) is 34.3 Å². The largest absolute Gasteiger partial charge is 0.381 e. The molecular weight excluding hydrogens is 506 g/mol. The van der Waals surface area contributed by atoms with E-state index in [-0.39, 0.29) is 17.9 Å². The third kappa shape index (κ3) is 7.30. The molecule has 1 aliphatic carbocycles. The molecule has 4 rings (SSSR count). The molecule has 0 spiro atoms. The maximum absolute atomic E-state index is 13.5. The van der Waals surface area contributed by atoms with Crippen molar-refractivity contribution in [3.05, 3.63) is 83.7 Å². The molecule has 2 aromatic carbocycles. The maximum Gasteiger partial charge on any atom is 0.257 e. The lowest BCUT2D eigenvalue weighted by atomic mass is 9.99. The Kier molecular flexibility index (Phi) is 8.28. The molecule has 1 heterocycles. The summed E-state index contributed by atoms with van der Waals surface area (Å²) in [6, 6.07) is 13.0. The first-order chi connectivity index (χ1) is 18.1. The monoisotopic (exact) mass is 537 g/mol. The van der Waals surface area contributed by atoms with E-state index in [1.54, 1.807) is 12.1 Å². The lowest BCUT2D eigenvalue weighted by Gasteiger charge is -2.24. The predicted molar refractivity (Wildman–Crippen MR) is 146 cm³/mol. The lowest BCUT2D eigenvalue weighted by Crippen LogP contribution is -2.50. The Balaban J connectivity index is 1.61. The van der Waals surface area contributed by atoms with Crippen LogP contribution in [0.5, 0.6) is 0 Å². The Labute approximate surface area is 221 Å². The van der Waals surface area contributed by atoms with Gasteiger partial charge in [0.05, 0.1) is 18.0 Å². The number of nitrogens with zero attached hydrogens (tertiary/aromatic N) is 2. The van der Waals surface area contributed by atoms with Crippen molar-refractivity contribution in [1.29, 1.82) is 0 Å². The molecule has 0 saturated heterocycles. The van der Waals surface area contributed by atoms with Crippen molar-refractivity contribution in [3.8, 4) is 0 Å². The van der Waals surface area contributed by atoms with E-state index in [9.17, 15) is 23.1 Å². The summed E-state index contributed by atoms with van der Waals surface area (Å²) in [5.41, 5.74) is 2.00. The summed E-state index contributed by atoms with van der Waals surface area (Å²) < 4.78 is 25.5. The fourth-order valence-electron chi connectivity index (χ4n) is 3.84. The van der Waals surface area contributed by atoms with Crippen LogP contribution in [0.15, 0.2) is 67.0 Å². The number of amides is 2. The van der Waals surface area contributed by atoms with Crippen LogP contribution < -0.4 is 14.9 Å². The number of aromatic amines is 1. The predicted octanol–water partition coefficient (Wildman–Crippen LogP) is 2.57. The van der Waals surface area contributed by atoms with Gasteiger partial charge < -0.3 is 15.4 Å². The quantitative estimate of drug-likeness (QED) is 0.296. The summed E-state index contributed by atoms with van der Waals surface area (Å²) >= 11 is 0. The van der Waals surface area contributed by atoms with Crippen LogP contribution in [0.2, 0.25) is 0 Å². The normalized spacial score (nSPS) is 15.1. The van der Waals surface area contributed by atoms with Gasteiger partial charge in [-0.3, -0.25) is 19.2 Å². The number of anilines is 2. The Hall–Kier alpha value is -3.96. The van der Waals surface area contributed by atoms with Crippen LogP contribution in [0.4, 0.5) is 11.6 Å². The highest BCUT2D eigenvalue weighted by molar-refractivity contribution is 7.92. The minimum Gasteiger partial charge on any atom is -0.381 e. The van der Waals surface area contributed by atoms with Gasteiger partial charge in [-0.05, 0) is 54.5 Å². The number of allylic oxidation sites excluding steroid dienone is 1. The molecular formula is C27H31N5O5S. The summed E-state index contributed by atoms with van der Waals surface area (Å²) in [7, 11) is -2.15. The van der Waals surface area contributed by atoms with Gasteiger partial charge >= 0.3 is 0 Å². The average Bonchev–Trinajstić information content (AvgIpc) is 3.59. The average molecular weight is 538 g/mol. The van der Waals surface area contributed by atoms with Gasteiger partial charge in [-0.2, -0.15) is 0 Å². The minimum atomic E-state index is -3.57. The number of aliphatic hydroxyl groups excluding tert-OH is 1. The molecule has 3 aromatic rings. The highest BCUT2D eigenvalue weighted by Gasteiger charge is 2.29. The first kappa shape index (κ1) is 27.1. The van der Waals surface area contributed by atoms with E-state index in [1.165, 1.54) is 25.5 Å². The van der Waals surface area contributed by atoms with Crippen LogP contribution in [-0.2, 0) is 21.2 Å². The number of hydrogen-bond acceptors (Lipinski definition) is 6. The molecule has 1 aliphatic rings. The smallest absolute Gasteiger partial charge is 0.257 e. The van der Waals surface area contributed by atoms with E-state index in [0.717, 1.165) is 29.0 Å². The van der Waals surface area contributed by atoms with E-state index in [2.05, 4.69) is 20.6 Å². The topological polar surface area (TPSA) is 144 Å². The Morgan fingerprint density at radius 1 is 1.21 bits per heavy atom. The minimum absolute atomic E-state index is 0.169. The molecule has 1 fully saturated rings. The number of rotatable bonds is 11. The second-order valence-corrected chi connectivity index (χ2v) is 11.4. The van der Waals surface area contributed by atoms with Crippen molar-refractivity contribution >= 4 is 39.5 Å². The molecule has 10 nitrogen and oxygen atoms in total. The fourth-order valence-corrected chi connectivity index (χ4v) is 4.33. The van der Waals surface area contributed by atoms with Gasteiger partial charge in [0.2, 0.25) is 16.0 Å². The number of carbonyl (C=O) groups excluding carboxylic acids is 2. The zero-order valence-corrected chi connectivity index (χ0v) is 22.0. The molecule has 0 radical (unpaired) electrons. The Morgan fingerprint density at radius 2 is 1.95 bits per heavy atom. The van der Waals surface area contributed by atoms with Gasteiger partial charge in [0, 0.05) is 25.0 Å². The van der Waals surface area contributed by atoms with Gasteiger partial charge in [0.25, 0.3) is 11.8 Å². The Morgan fingerprint density at radius 3 is 2.58 bits per heavy atom. The van der Waals surface area contributed by atoms with E-state index < -0.39 is 34.0 Å². The molecule has 0 bridgehead atoms. The number of aromatic nitrogens is 2. The highest BCUT2D eigenvalue weighted by atomic mass is 32.2. The van der Waals surface area contributed by atoms with Gasteiger partial charge in [0.15, 0.2) is 6.10 Å². The van der Waals surface area contributed by atoms with Crippen LogP contribution in [-0.4, -0.2) is 60.8 Å². The van der Waals surface area contributed by atoms with Crippen molar-refractivity contribution in [3.63, 3.8) is 0 Å². The summed E-state index contributed by atoms with van der Waals surface area (Å²) in [5, 5.41) is 16.2. The van der Waals surface area contributed by atoms with E-state index in [4.69, 9.17) is 0 Å². The summed E-state index contributed by atoms with van der Waals surface area (Å²) in [6.45, 7) is 0. The second-order valence-electron chi connectivity index (χ2n) is 9.38. The van der Waals surface area contributed by atoms with Gasteiger partial charge in [0.1, 0.15) is 0 Å². The van der Waals surface area contributed by atoms with Gasteiger partial charge in [-0.25, -0.2) is 13.4 Å². The molecule has 1 aromatic heterocycles. The van der Waals surface area contributed by atoms with E-state index >= 15 is 0 Å². The first-order valence-corrected chi connectivity index (χ1v) is 14.1. The van der Waals surface area contributed by atoms with Crippen LogP contribution in [0.25, 0.3) is 6.08 Å². The van der Waals surface area contributed by atoms with Crippen LogP contribution >= 0.6 is 0 Å². The third-order valence-corrected chi connectivity index (χ3v) is 7.46. The molecule has 11 heteroatoms.